The molecule has 2 N–H and O–H groups in total. The van der Waals surface area contributed by atoms with E-state index in [1.165, 1.54) is 6.07 Å². The van der Waals surface area contributed by atoms with Crippen LogP contribution in [0.2, 0.25) is 0 Å². The largest absolute Gasteiger partial charge is 0.368 e. The van der Waals surface area contributed by atoms with Crippen LogP contribution in [0.4, 0.5) is 5.69 Å². The van der Waals surface area contributed by atoms with E-state index in [4.69, 9.17) is 5.73 Å². The van der Waals surface area contributed by atoms with Gasteiger partial charge >= 0.3 is 0 Å². The Kier molecular flexibility index (Phi) is 4.04. The first kappa shape index (κ1) is 15.5. The van der Waals surface area contributed by atoms with Gasteiger partial charge in [-0.2, -0.15) is 0 Å². The number of carbonyl (C=O) groups excluding carboxylic acids is 1. The highest BCUT2D eigenvalue weighted by atomic mass is 16.6. The van der Waals surface area contributed by atoms with Crippen LogP contribution in [0.3, 0.4) is 0 Å². The quantitative estimate of drug-likeness (QED) is 0.690. The van der Waals surface area contributed by atoms with Crippen molar-refractivity contribution in [3.05, 3.63) is 40.6 Å². The maximum atomic E-state index is 11.3. The number of fused-ring (bicyclic) bond motifs is 1. The summed E-state index contributed by atoms with van der Waals surface area (Å²) in [5.74, 6) is -0.300. The highest BCUT2D eigenvalue weighted by molar-refractivity contribution is 5.82. The van der Waals surface area contributed by atoms with Crippen LogP contribution < -0.4 is 5.73 Å². The molecule has 3 rings (SSSR count). The minimum Gasteiger partial charge on any atom is -0.368 e. The van der Waals surface area contributed by atoms with Crippen LogP contribution in [0.5, 0.6) is 0 Å². The zero-order valence-electron chi connectivity index (χ0n) is 13.0. The van der Waals surface area contributed by atoms with Gasteiger partial charge in [0.15, 0.2) is 0 Å². The van der Waals surface area contributed by atoms with Gasteiger partial charge in [-0.3, -0.25) is 19.8 Å². The number of primary amides is 1. The number of nitro groups is 1. The average Bonchev–Trinajstić information content (AvgIpc) is 2.97. The van der Waals surface area contributed by atoms with E-state index < -0.39 is 0 Å². The Hall–Kier alpha value is -2.41. The third-order valence-electron chi connectivity index (χ3n) is 4.77. The number of piperidine rings is 1. The molecule has 0 spiro atoms. The smallest absolute Gasteiger partial charge is 0.271 e. The number of aromatic nitrogens is 1. The molecule has 2 heterocycles. The highest BCUT2D eigenvalue weighted by Crippen LogP contribution is 2.30. The van der Waals surface area contributed by atoms with Gasteiger partial charge in [-0.25, -0.2) is 0 Å². The maximum absolute atomic E-state index is 11.3. The molecule has 2 aromatic rings. The molecule has 7 nitrogen and oxygen atoms in total. The monoisotopic (exact) mass is 316 g/mol. The number of rotatable bonds is 4. The van der Waals surface area contributed by atoms with E-state index in [0.29, 0.717) is 0 Å². The van der Waals surface area contributed by atoms with E-state index in [0.717, 1.165) is 36.8 Å². The summed E-state index contributed by atoms with van der Waals surface area (Å²) >= 11 is 0. The summed E-state index contributed by atoms with van der Waals surface area (Å²) in [6, 6.07) is 6.97. The number of carbonyl (C=O) groups is 1. The van der Waals surface area contributed by atoms with Gasteiger partial charge in [0.1, 0.15) is 0 Å². The number of likely N-dealkylation sites (tertiary alicyclic amines) is 1. The molecular formula is C16H20N4O3. The summed E-state index contributed by atoms with van der Waals surface area (Å²) in [7, 11) is 0. The van der Waals surface area contributed by atoms with Gasteiger partial charge in [0, 0.05) is 42.8 Å². The summed E-state index contributed by atoms with van der Waals surface area (Å²) in [5, 5.41) is 12.0. The molecule has 0 aliphatic carbocycles. The van der Waals surface area contributed by atoms with Gasteiger partial charge in [0.2, 0.25) is 5.91 Å². The second kappa shape index (κ2) is 6.00. The van der Waals surface area contributed by atoms with Crippen LogP contribution in [0.1, 0.15) is 25.8 Å². The number of hydrogen-bond acceptors (Lipinski definition) is 4. The molecule has 0 saturated carbocycles. The Morgan fingerprint density at radius 1 is 1.35 bits per heavy atom. The van der Waals surface area contributed by atoms with Crippen molar-refractivity contribution < 1.29 is 9.72 Å². The number of amides is 1. The SMILES string of the molecule is CC(C(N)=O)N1CCC(n2ccc3ccc([N+](=O)[O-])cc32)CC1. The van der Waals surface area contributed by atoms with Gasteiger partial charge in [0.05, 0.1) is 16.5 Å². The van der Waals surface area contributed by atoms with Crippen molar-refractivity contribution in [1.82, 2.24) is 9.47 Å². The second-order valence-electron chi connectivity index (χ2n) is 6.07. The van der Waals surface area contributed by atoms with Crippen LogP contribution >= 0.6 is 0 Å². The first-order valence-corrected chi connectivity index (χ1v) is 7.75. The molecular weight excluding hydrogens is 296 g/mol. The minimum absolute atomic E-state index is 0.109. The number of non-ortho nitro benzene ring substituents is 1. The molecule has 122 valence electrons. The van der Waals surface area contributed by atoms with E-state index in [1.807, 2.05) is 19.2 Å². The number of nitro benzene ring substituents is 1. The third-order valence-corrected chi connectivity index (χ3v) is 4.77. The molecule has 1 aromatic heterocycles. The molecule has 1 aliphatic heterocycles. The predicted molar refractivity (Wildman–Crippen MR) is 87.1 cm³/mol. The summed E-state index contributed by atoms with van der Waals surface area (Å²) in [5.41, 5.74) is 6.36. The number of benzene rings is 1. The molecule has 1 saturated heterocycles. The predicted octanol–water partition coefficient (Wildman–Crippen LogP) is 2.06. The van der Waals surface area contributed by atoms with Gasteiger partial charge in [-0.1, -0.05) is 0 Å². The summed E-state index contributed by atoms with van der Waals surface area (Å²) in [6.07, 6.45) is 3.78. The molecule has 7 heteroatoms. The number of nitrogens with zero attached hydrogens (tertiary/aromatic N) is 3. The summed E-state index contributed by atoms with van der Waals surface area (Å²) < 4.78 is 2.12. The Morgan fingerprint density at radius 3 is 2.65 bits per heavy atom. The first-order valence-electron chi connectivity index (χ1n) is 7.75. The van der Waals surface area contributed by atoms with Gasteiger partial charge < -0.3 is 10.3 Å². The van der Waals surface area contributed by atoms with Crippen LogP contribution in [0.15, 0.2) is 30.5 Å². The van der Waals surface area contributed by atoms with Gasteiger partial charge in [-0.05, 0) is 31.9 Å². The molecule has 1 fully saturated rings. The fourth-order valence-corrected chi connectivity index (χ4v) is 3.30. The molecule has 1 unspecified atom stereocenters. The second-order valence-corrected chi connectivity index (χ2v) is 6.07. The van der Waals surface area contributed by atoms with Crippen LogP contribution in [-0.2, 0) is 4.79 Å². The van der Waals surface area contributed by atoms with Crippen molar-refractivity contribution >= 4 is 22.5 Å². The molecule has 1 aliphatic rings. The summed E-state index contributed by atoms with van der Waals surface area (Å²) in [6.45, 7) is 3.42. The lowest BCUT2D eigenvalue weighted by atomic mass is 10.0. The van der Waals surface area contributed by atoms with Crippen LogP contribution in [-0.4, -0.2) is 39.4 Å². The van der Waals surface area contributed by atoms with E-state index >= 15 is 0 Å². The fraction of sp³-hybridized carbons (Fsp3) is 0.438. The van der Waals surface area contributed by atoms with Crippen molar-refractivity contribution in [3.8, 4) is 0 Å². The maximum Gasteiger partial charge on any atom is 0.271 e. The van der Waals surface area contributed by atoms with Crippen LogP contribution in [0.25, 0.3) is 10.9 Å². The standard InChI is InChI=1S/C16H20N4O3/c1-11(16(17)21)18-7-5-13(6-8-18)19-9-4-12-2-3-14(20(22)23)10-15(12)19/h2-4,9-11,13H,5-8H2,1H3,(H2,17,21). The molecule has 23 heavy (non-hydrogen) atoms. The number of hydrogen-bond donors (Lipinski definition) is 1. The lowest BCUT2D eigenvalue weighted by Crippen LogP contribution is -2.46. The zero-order chi connectivity index (χ0) is 16.6. The Balaban J connectivity index is 1.81. The highest BCUT2D eigenvalue weighted by Gasteiger charge is 2.26. The Labute approximate surface area is 133 Å². The van der Waals surface area contributed by atoms with Crippen molar-refractivity contribution in [2.45, 2.75) is 31.8 Å². The lowest BCUT2D eigenvalue weighted by molar-refractivity contribution is -0.384. The van der Waals surface area contributed by atoms with E-state index in [2.05, 4.69) is 9.47 Å². The normalized spacial score (nSPS) is 18.1. The molecule has 0 radical (unpaired) electrons. The van der Waals surface area contributed by atoms with Crippen molar-refractivity contribution in [2.75, 3.05) is 13.1 Å². The van der Waals surface area contributed by atoms with Gasteiger partial charge in [-0.15, -0.1) is 0 Å². The minimum atomic E-state index is -0.367. The van der Waals surface area contributed by atoms with Crippen LogP contribution in [0, 0.1) is 10.1 Å². The first-order chi connectivity index (χ1) is 11.0. The van der Waals surface area contributed by atoms with Crippen molar-refractivity contribution in [1.29, 1.82) is 0 Å². The molecule has 1 aromatic carbocycles. The Morgan fingerprint density at radius 2 is 2.04 bits per heavy atom. The average molecular weight is 316 g/mol. The lowest BCUT2D eigenvalue weighted by Gasteiger charge is -2.35. The zero-order valence-corrected chi connectivity index (χ0v) is 13.0. The third kappa shape index (κ3) is 2.92. The molecule has 1 atom stereocenters. The van der Waals surface area contributed by atoms with E-state index in [9.17, 15) is 14.9 Å². The Bertz CT molecular complexity index is 747. The van der Waals surface area contributed by atoms with E-state index in [-0.39, 0.29) is 28.6 Å². The number of nitrogens with two attached hydrogens (primary N) is 1. The van der Waals surface area contributed by atoms with Crippen molar-refractivity contribution in [2.24, 2.45) is 5.73 Å². The topological polar surface area (TPSA) is 94.4 Å². The molecule has 1 amide bonds. The van der Waals surface area contributed by atoms with Gasteiger partial charge in [0.25, 0.3) is 5.69 Å². The fourth-order valence-electron chi connectivity index (χ4n) is 3.30. The molecule has 0 bridgehead atoms. The van der Waals surface area contributed by atoms with E-state index in [1.54, 1.807) is 12.1 Å². The van der Waals surface area contributed by atoms with Crippen molar-refractivity contribution in [3.63, 3.8) is 0 Å². The summed E-state index contributed by atoms with van der Waals surface area (Å²) in [4.78, 5) is 24.0.